The molecule has 1 heterocycles. The largest absolute Gasteiger partial charge is 0.497 e. The lowest BCUT2D eigenvalue weighted by Crippen LogP contribution is -2.51. The van der Waals surface area contributed by atoms with Crippen LogP contribution in [0.25, 0.3) is 0 Å². The topological polar surface area (TPSA) is 84.9 Å². The number of carbonyl (C=O) groups excluding carboxylic acids is 1. The highest BCUT2D eigenvalue weighted by molar-refractivity contribution is 7.89. The van der Waals surface area contributed by atoms with Crippen LogP contribution in [0.15, 0.2) is 29.2 Å². The molecule has 1 saturated heterocycles. The lowest BCUT2D eigenvalue weighted by atomic mass is 10.2. The van der Waals surface area contributed by atoms with Gasteiger partial charge in [-0.3, -0.25) is 4.79 Å². The Hall–Kier alpha value is -1.64. The highest BCUT2D eigenvalue weighted by atomic mass is 32.2. The van der Waals surface area contributed by atoms with Crippen molar-refractivity contribution in [2.45, 2.75) is 31.0 Å². The molecule has 0 saturated carbocycles. The molecule has 0 unspecified atom stereocenters. The molecule has 1 amide bonds. The summed E-state index contributed by atoms with van der Waals surface area (Å²) in [5.41, 5.74) is 0. The van der Waals surface area contributed by atoms with Gasteiger partial charge in [-0.2, -0.15) is 0 Å². The molecule has 0 radical (unpaired) electrons. The number of hydrogen-bond donors (Lipinski definition) is 1. The fraction of sp³-hybridized carbons (Fsp3) is 0.533. The van der Waals surface area contributed by atoms with E-state index in [9.17, 15) is 13.2 Å². The molecule has 2 atom stereocenters. The van der Waals surface area contributed by atoms with Crippen molar-refractivity contribution in [3.05, 3.63) is 24.3 Å². The van der Waals surface area contributed by atoms with E-state index >= 15 is 0 Å². The van der Waals surface area contributed by atoms with Gasteiger partial charge < -0.3 is 14.4 Å². The Balaban J connectivity index is 1.99. The van der Waals surface area contributed by atoms with Crippen LogP contribution < -0.4 is 9.46 Å². The maximum absolute atomic E-state index is 12.3. The third kappa shape index (κ3) is 4.66. The van der Waals surface area contributed by atoms with E-state index in [-0.39, 0.29) is 29.6 Å². The number of carbonyl (C=O) groups is 1. The van der Waals surface area contributed by atoms with Crippen molar-refractivity contribution < 1.29 is 22.7 Å². The van der Waals surface area contributed by atoms with Gasteiger partial charge >= 0.3 is 0 Å². The molecular formula is C15H22N2O5S. The second kappa shape index (κ2) is 7.29. The van der Waals surface area contributed by atoms with E-state index in [0.29, 0.717) is 18.8 Å². The highest BCUT2D eigenvalue weighted by Gasteiger charge is 2.26. The number of amides is 1. The van der Waals surface area contributed by atoms with Gasteiger partial charge in [-0.15, -0.1) is 0 Å². The van der Waals surface area contributed by atoms with Crippen LogP contribution >= 0.6 is 0 Å². The van der Waals surface area contributed by atoms with Crippen LogP contribution in [0.5, 0.6) is 5.75 Å². The van der Waals surface area contributed by atoms with Crippen LogP contribution in [-0.4, -0.2) is 58.2 Å². The summed E-state index contributed by atoms with van der Waals surface area (Å²) in [4.78, 5) is 13.9. The van der Waals surface area contributed by atoms with Crippen molar-refractivity contribution in [3.63, 3.8) is 0 Å². The van der Waals surface area contributed by atoms with E-state index in [1.54, 1.807) is 17.0 Å². The molecule has 1 aliphatic rings. The third-order valence-electron chi connectivity index (χ3n) is 3.54. The molecular weight excluding hydrogens is 320 g/mol. The van der Waals surface area contributed by atoms with E-state index in [1.165, 1.54) is 19.2 Å². The number of sulfonamides is 1. The molecule has 1 fully saturated rings. The smallest absolute Gasteiger partial charge is 0.241 e. The van der Waals surface area contributed by atoms with Crippen molar-refractivity contribution in [3.8, 4) is 5.75 Å². The maximum atomic E-state index is 12.3. The Bertz CT molecular complexity index is 652. The number of methoxy groups -OCH3 is 1. The minimum atomic E-state index is -3.76. The summed E-state index contributed by atoms with van der Waals surface area (Å²) in [6, 6.07) is 6.10. The molecule has 0 aliphatic carbocycles. The summed E-state index contributed by atoms with van der Waals surface area (Å²) < 4.78 is 37.4. The number of morpholine rings is 1. The van der Waals surface area contributed by atoms with Crippen LogP contribution in [0.2, 0.25) is 0 Å². The van der Waals surface area contributed by atoms with Gasteiger partial charge in [0.05, 0.1) is 30.8 Å². The summed E-state index contributed by atoms with van der Waals surface area (Å²) in [6.45, 7) is 4.42. The number of benzene rings is 1. The highest BCUT2D eigenvalue weighted by Crippen LogP contribution is 2.17. The number of nitrogens with zero attached hydrogens (tertiary/aromatic N) is 1. The standard InChI is InChI=1S/C15H22N2O5S/c1-11-9-17(10-12(2)22-11)15(18)8-16-23(19,20)14-6-4-5-13(7-14)21-3/h4-7,11-12,16H,8-10H2,1-3H3/t11-,12-/m0/s1. The molecule has 1 aromatic carbocycles. The SMILES string of the molecule is COc1cccc(S(=O)(=O)NCC(=O)N2C[C@H](C)O[C@@H](C)C2)c1. The molecule has 0 spiro atoms. The summed E-state index contributed by atoms with van der Waals surface area (Å²) >= 11 is 0. The first-order valence-corrected chi connectivity index (χ1v) is 8.87. The number of nitrogens with one attached hydrogen (secondary N) is 1. The van der Waals surface area contributed by atoms with E-state index < -0.39 is 10.0 Å². The second-order valence-corrected chi connectivity index (χ2v) is 7.33. The Morgan fingerprint density at radius 1 is 1.35 bits per heavy atom. The number of ether oxygens (including phenoxy) is 2. The first-order valence-electron chi connectivity index (χ1n) is 7.39. The first kappa shape index (κ1) is 17.7. The minimum absolute atomic E-state index is 0.0577. The summed E-state index contributed by atoms with van der Waals surface area (Å²) in [5.74, 6) is 0.175. The zero-order chi connectivity index (χ0) is 17.0. The molecule has 2 rings (SSSR count). The normalized spacial score (nSPS) is 22.0. The zero-order valence-electron chi connectivity index (χ0n) is 13.5. The van der Waals surface area contributed by atoms with Crippen molar-refractivity contribution in [1.29, 1.82) is 0 Å². The average molecular weight is 342 g/mol. The zero-order valence-corrected chi connectivity index (χ0v) is 14.3. The van der Waals surface area contributed by atoms with Gasteiger partial charge in [-0.25, -0.2) is 13.1 Å². The van der Waals surface area contributed by atoms with Gasteiger partial charge in [-0.1, -0.05) is 6.07 Å². The van der Waals surface area contributed by atoms with Gasteiger partial charge in [0.25, 0.3) is 0 Å². The maximum Gasteiger partial charge on any atom is 0.241 e. The van der Waals surface area contributed by atoms with Crippen molar-refractivity contribution >= 4 is 15.9 Å². The predicted octanol–water partition coefficient (Wildman–Crippen LogP) is 0.609. The molecule has 7 nitrogen and oxygen atoms in total. The van der Waals surface area contributed by atoms with E-state index in [4.69, 9.17) is 9.47 Å². The lowest BCUT2D eigenvalue weighted by molar-refractivity contribution is -0.141. The van der Waals surface area contributed by atoms with Gasteiger partial charge in [0.1, 0.15) is 5.75 Å². The van der Waals surface area contributed by atoms with E-state index in [1.807, 2.05) is 13.8 Å². The van der Waals surface area contributed by atoms with Crippen LogP contribution in [0.1, 0.15) is 13.8 Å². The fourth-order valence-corrected chi connectivity index (χ4v) is 3.51. The molecule has 1 aliphatic heterocycles. The quantitative estimate of drug-likeness (QED) is 0.847. The van der Waals surface area contributed by atoms with Crippen LogP contribution in [0.3, 0.4) is 0 Å². The van der Waals surface area contributed by atoms with Gasteiger partial charge in [-0.05, 0) is 26.0 Å². The third-order valence-corrected chi connectivity index (χ3v) is 4.94. The Morgan fingerprint density at radius 3 is 2.61 bits per heavy atom. The van der Waals surface area contributed by atoms with Crippen molar-refractivity contribution in [2.75, 3.05) is 26.7 Å². The Labute approximate surface area is 136 Å². The Morgan fingerprint density at radius 2 is 2.00 bits per heavy atom. The minimum Gasteiger partial charge on any atom is -0.497 e. The van der Waals surface area contributed by atoms with Crippen molar-refractivity contribution in [2.24, 2.45) is 0 Å². The number of hydrogen-bond acceptors (Lipinski definition) is 5. The summed E-state index contributed by atoms with van der Waals surface area (Å²) in [7, 11) is -2.30. The lowest BCUT2D eigenvalue weighted by Gasteiger charge is -2.35. The number of rotatable bonds is 5. The van der Waals surface area contributed by atoms with E-state index in [0.717, 1.165) is 0 Å². The van der Waals surface area contributed by atoms with Crippen LogP contribution in [-0.2, 0) is 19.6 Å². The average Bonchev–Trinajstić information content (AvgIpc) is 2.51. The molecule has 1 aromatic rings. The summed E-state index contributed by atoms with van der Waals surface area (Å²) in [5, 5.41) is 0. The van der Waals surface area contributed by atoms with Crippen LogP contribution in [0.4, 0.5) is 0 Å². The van der Waals surface area contributed by atoms with Gasteiger partial charge in [0, 0.05) is 19.2 Å². The van der Waals surface area contributed by atoms with Gasteiger partial charge in [0.2, 0.25) is 15.9 Å². The molecule has 128 valence electrons. The molecule has 0 aromatic heterocycles. The fourth-order valence-electron chi connectivity index (χ4n) is 2.50. The Kier molecular flexibility index (Phi) is 5.61. The molecule has 1 N–H and O–H groups in total. The predicted molar refractivity (Wildman–Crippen MR) is 84.8 cm³/mol. The van der Waals surface area contributed by atoms with Crippen molar-refractivity contribution in [1.82, 2.24) is 9.62 Å². The van der Waals surface area contributed by atoms with Crippen LogP contribution in [0, 0.1) is 0 Å². The molecule has 23 heavy (non-hydrogen) atoms. The monoisotopic (exact) mass is 342 g/mol. The first-order chi connectivity index (χ1) is 10.8. The molecule has 0 bridgehead atoms. The summed E-state index contributed by atoms with van der Waals surface area (Å²) in [6.07, 6.45) is -0.115. The molecule has 8 heteroatoms. The van der Waals surface area contributed by atoms with Gasteiger partial charge in [0.15, 0.2) is 0 Å². The second-order valence-electron chi connectivity index (χ2n) is 5.56. The van der Waals surface area contributed by atoms with E-state index in [2.05, 4.69) is 4.72 Å².